The van der Waals surface area contributed by atoms with E-state index in [1.807, 2.05) is 24.4 Å². The van der Waals surface area contributed by atoms with Crippen LogP contribution in [0.2, 0.25) is 5.02 Å². The van der Waals surface area contributed by atoms with Crippen LogP contribution in [0, 0.1) is 6.92 Å². The lowest BCUT2D eigenvalue weighted by molar-refractivity contribution is -0.118. The summed E-state index contributed by atoms with van der Waals surface area (Å²) in [6.45, 7) is 6.01. The molecule has 0 spiro atoms. The van der Waals surface area contributed by atoms with Crippen molar-refractivity contribution in [2.45, 2.75) is 20.0 Å². The zero-order chi connectivity index (χ0) is 26.6. The molecular weight excluding hydrogens is 524 g/mol. The van der Waals surface area contributed by atoms with E-state index in [9.17, 15) is 14.7 Å². The molecule has 1 aliphatic heterocycles. The molecule has 1 saturated heterocycles. The van der Waals surface area contributed by atoms with Gasteiger partial charge in [-0.1, -0.05) is 17.7 Å². The molecule has 0 bridgehead atoms. The van der Waals surface area contributed by atoms with Crippen LogP contribution in [0.4, 0.5) is 5.13 Å². The number of nitrogens with zero attached hydrogens (tertiary/aromatic N) is 4. The third-order valence-electron chi connectivity index (χ3n) is 6.90. The average Bonchev–Trinajstić information content (AvgIpc) is 3.56. The Morgan fingerprint density at radius 3 is 2.61 bits per heavy atom. The summed E-state index contributed by atoms with van der Waals surface area (Å²) in [7, 11) is 0. The summed E-state index contributed by atoms with van der Waals surface area (Å²) in [4.78, 5) is 35.8. The number of amides is 1. The number of morpholine rings is 1. The van der Waals surface area contributed by atoms with Crippen molar-refractivity contribution in [3.8, 4) is 0 Å². The van der Waals surface area contributed by atoms with Gasteiger partial charge in [0.2, 0.25) is 5.91 Å². The minimum absolute atomic E-state index is 0.0938. The van der Waals surface area contributed by atoms with Gasteiger partial charge in [-0.15, -0.1) is 11.3 Å². The lowest BCUT2D eigenvalue weighted by Crippen LogP contribution is -2.43. The van der Waals surface area contributed by atoms with Crippen molar-refractivity contribution < 1.29 is 19.4 Å². The molecule has 5 rings (SSSR count). The fraction of sp³-hybridized carbons (Fsp3) is 0.321. The number of aromatic nitrogens is 2. The first kappa shape index (κ1) is 26.5. The van der Waals surface area contributed by atoms with Gasteiger partial charge in [0.25, 0.3) is 5.91 Å². The number of halogens is 1. The summed E-state index contributed by atoms with van der Waals surface area (Å²) in [5.41, 5.74) is 3.35. The SMILES string of the molecule is Cc1c(CC(=O)N(CCN2CCOCC2)c2nccs2)c2cc(CO)ccc2n1C(=O)c1ccc(Cl)cc1. The molecule has 0 unspecified atom stereocenters. The molecule has 0 atom stereocenters. The Morgan fingerprint density at radius 1 is 1.16 bits per heavy atom. The second kappa shape index (κ2) is 11.8. The number of aliphatic hydroxyl groups is 1. The van der Waals surface area contributed by atoms with Crippen LogP contribution in [-0.2, 0) is 22.6 Å². The molecule has 10 heteroatoms. The van der Waals surface area contributed by atoms with Crippen LogP contribution in [-0.4, -0.2) is 70.8 Å². The second-order valence-electron chi connectivity index (χ2n) is 9.21. The third-order valence-corrected chi connectivity index (χ3v) is 7.95. The molecular formula is C28H29ClN4O4S. The molecule has 1 fully saturated rings. The van der Waals surface area contributed by atoms with Crippen molar-refractivity contribution >= 4 is 50.8 Å². The maximum absolute atomic E-state index is 13.8. The highest BCUT2D eigenvalue weighted by Crippen LogP contribution is 2.30. The first-order valence-electron chi connectivity index (χ1n) is 12.5. The van der Waals surface area contributed by atoms with E-state index in [1.165, 1.54) is 11.3 Å². The maximum atomic E-state index is 13.8. The monoisotopic (exact) mass is 552 g/mol. The zero-order valence-electron chi connectivity index (χ0n) is 21.1. The van der Waals surface area contributed by atoms with Gasteiger partial charge >= 0.3 is 0 Å². The molecule has 0 aliphatic carbocycles. The summed E-state index contributed by atoms with van der Waals surface area (Å²) in [6, 6.07) is 12.2. The molecule has 2 aromatic heterocycles. The van der Waals surface area contributed by atoms with Crippen molar-refractivity contribution in [1.82, 2.24) is 14.5 Å². The zero-order valence-corrected chi connectivity index (χ0v) is 22.7. The normalized spacial score (nSPS) is 14.2. The van der Waals surface area contributed by atoms with Gasteiger partial charge in [-0.25, -0.2) is 4.98 Å². The van der Waals surface area contributed by atoms with E-state index in [-0.39, 0.29) is 24.8 Å². The van der Waals surface area contributed by atoms with Gasteiger partial charge in [-0.3, -0.25) is 24.0 Å². The van der Waals surface area contributed by atoms with Gasteiger partial charge < -0.3 is 9.84 Å². The van der Waals surface area contributed by atoms with Gasteiger partial charge in [-0.2, -0.15) is 0 Å². The van der Waals surface area contributed by atoms with Crippen molar-refractivity contribution in [3.05, 3.63) is 81.4 Å². The molecule has 4 aromatic rings. The number of hydrogen-bond acceptors (Lipinski definition) is 7. The number of aliphatic hydroxyl groups excluding tert-OH is 1. The largest absolute Gasteiger partial charge is 0.392 e. The molecule has 1 amide bonds. The molecule has 8 nitrogen and oxygen atoms in total. The van der Waals surface area contributed by atoms with Crippen LogP contribution in [0.15, 0.2) is 54.0 Å². The molecule has 0 saturated carbocycles. The summed E-state index contributed by atoms with van der Waals surface area (Å²) < 4.78 is 7.09. The predicted molar refractivity (Wildman–Crippen MR) is 149 cm³/mol. The number of carbonyl (C=O) groups is 2. The minimum Gasteiger partial charge on any atom is -0.392 e. The number of benzene rings is 2. The number of ether oxygens (including phenoxy) is 1. The lowest BCUT2D eigenvalue weighted by atomic mass is 10.0. The number of carbonyl (C=O) groups excluding carboxylic acids is 2. The highest BCUT2D eigenvalue weighted by atomic mass is 35.5. The van der Waals surface area contributed by atoms with E-state index in [0.29, 0.717) is 52.3 Å². The molecule has 198 valence electrons. The van der Waals surface area contributed by atoms with E-state index < -0.39 is 0 Å². The average molecular weight is 553 g/mol. The van der Waals surface area contributed by atoms with Crippen LogP contribution in [0.3, 0.4) is 0 Å². The number of thiazole rings is 1. The van der Waals surface area contributed by atoms with Crippen LogP contribution in [0.1, 0.15) is 27.2 Å². The van der Waals surface area contributed by atoms with Gasteiger partial charge in [0.1, 0.15) is 0 Å². The van der Waals surface area contributed by atoms with Crippen molar-refractivity contribution in [1.29, 1.82) is 0 Å². The highest BCUT2D eigenvalue weighted by molar-refractivity contribution is 7.13. The summed E-state index contributed by atoms with van der Waals surface area (Å²) in [6.07, 6.45) is 1.80. The number of hydrogen-bond donors (Lipinski definition) is 1. The van der Waals surface area contributed by atoms with E-state index in [4.69, 9.17) is 16.3 Å². The lowest BCUT2D eigenvalue weighted by Gasteiger charge is -2.29. The molecule has 3 heterocycles. The standard InChI is InChI=1S/C28H29ClN4O4S/c1-19-23(17-26(35)32(28-30-8-15-38-28)10-9-31-11-13-37-14-12-31)24-16-20(18-34)2-7-25(24)33(19)27(36)21-3-5-22(29)6-4-21/h2-8,15-16,34H,9-14,17-18H2,1H3. The van der Waals surface area contributed by atoms with Gasteiger partial charge in [-0.05, 0) is 54.4 Å². The van der Waals surface area contributed by atoms with Crippen molar-refractivity contribution in [2.75, 3.05) is 44.3 Å². The molecule has 0 radical (unpaired) electrons. The van der Waals surface area contributed by atoms with Crippen molar-refractivity contribution in [3.63, 3.8) is 0 Å². The van der Waals surface area contributed by atoms with Gasteiger partial charge in [0.05, 0.1) is 31.8 Å². The quantitative estimate of drug-likeness (QED) is 0.353. The maximum Gasteiger partial charge on any atom is 0.262 e. The Kier molecular flexibility index (Phi) is 8.21. The van der Waals surface area contributed by atoms with E-state index in [1.54, 1.807) is 46.0 Å². The van der Waals surface area contributed by atoms with Crippen LogP contribution < -0.4 is 4.90 Å². The number of anilines is 1. The Morgan fingerprint density at radius 2 is 1.92 bits per heavy atom. The first-order chi connectivity index (χ1) is 18.5. The molecule has 2 aromatic carbocycles. The van der Waals surface area contributed by atoms with Crippen LogP contribution >= 0.6 is 22.9 Å². The van der Waals surface area contributed by atoms with Crippen LogP contribution in [0.5, 0.6) is 0 Å². The van der Waals surface area contributed by atoms with E-state index in [2.05, 4.69) is 9.88 Å². The fourth-order valence-electron chi connectivity index (χ4n) is 4.82. The molecule has 38 heavy (non-hydrogen) atoms. The van der Waals surface area contributed by atoms with Crippen molar-refractivity contribution in [2.24, 2.45) is 0 Å². The number of fused-ring (bicyclic) bond motifs is 1. The molecule has 1 N–H and O–H groups in total. The minimum atomic E-state index is -0.205. The second-order valence-corrected chi connectivity index (χ2v) is 10.5. The Labute approximate surface area is 230 Å². The van der Waals surface area contributed by atoms with Gasteiger partial charge in [0, 0.05) is 59.4 Å². The summed E-state index contributed by atoms with van der Waals surface area (Å²) >= 11 is 7.46. The first-order valence-corrected chi connectivity index (χ1v) is 13.8. The fourth-order valence-corrected chi connectivity index (χ4v) is 5.64. The summed E-state index contributed by atoms with van der Waals surface area (Å²) in [5.74, 6) is -0.299. The van der Waals surface area contributed by atoms with E-state index in [0.717, 1.165) is 30.6 Å². The Bertz CT molecular complexity index is 1430. The topological polar surface area (TPSA) is 87.9 Å². The molecule has 1 aliphatic rings. The third kappa shape index (κ3) is 5.52. The Hall–Kier alpha value is -3.08. The Balaban J connectivity index is 1.49. The van der Waals surface area contributed by atoms with Gasteiger partial charge in [0.15, 0.2) is 5.13 Å². The number of rotatable bonds is 8. The highest BCUT2D eigenvalue weighted by Gasteiger charge is 2.26. The summed E-state index contributed by atoms with van der Waals surface area (Å²) in [5, 5.41) is 13.6. The predicted octanol–water partition coefficient (Wildman–Crippen LogP) is 4.15. The van der Waals surface area contributed by atoms with E-state index >= 15 is 0 Å². The van der Waals surface area contributed by atoms with Crippen LogP contribution in [0.25, 0.3) is 10.9 Å². The smallest absolute Gasteiger partial charge is 0.262 e.